The number of aromatic nitrogens is 1. The zero-order valence-electron chi connectivity index (χ0n) is 24.9. The van der Waals surface area contributed by atoms with Gasteiger partial charge in [-0.3, -0.25) is 0 Å². The van der Waals surface area contributed by atoms with Gasteiger partial charge in [0.25, 0.3) is 0 Å². The highest BCUT2D eigenvalue weighted by Crippen LogP contribution is 2.44. The van der Waals surface area contributed by atoms with Crippen molar-refractivity contribution in [2.24, 2.45) is 0 Å². The van der Waals surface area contributed by atoms with Gasteiger partial charge in [0.1, 0.15) is 5.75 Å². The molecule has 8 heteroatoms. The van der Waals surface area contributed by atoms with Gasteiger partial charge in [-0.15, -0.1) is 0 Å². The van der Waals surface area contributed by atoms with Crippen LogP contribution in [0.4, 0.5) is 0 Å². The number of ether oxygens (including phenoxy) is 4. The lowest BCUT2D eigenvalue weighted by molar-refractivity contribution is -0.686. The molecular weight excluding hydrogens is 554 g/mol. The molecule has 216 valence electrons. The SMILES string of the molecule is COc1ccc2c(Cc3ccc(O[Si](C)(C)C(C)(C)C)cc3)c3[n+](cc2c1OC)CCc1cc2c(cc1-3)OCO2.[Cl-]. The summed E-state index contributed by atoms with van der Waals surface area (Å²) in [5.41, 5.74) is 6.15. The molecule has 0 saturated heterocycles. The second kappa shape index (κ2) is 10.8. The Kier molecular flexibility index (Phi) is 7.64. The number of methoxy groups -OCH3 is 2. The standard InChI is InChI=1S/C33H38NO5Si.ClH/c1-33(2,3)40(6,7)39-23-10-8-21(9-11-23)16-26-24-12-13-28(35-4)32(36-5)27(24)19-34-15-14-22-17-29-30(38-20-37-29)18-25(22)31(26)34;/h8-13,17-19H,14-16,20H2,1-7H3;1H/q+1;/p-1. The van der Waals surface area contributed by atoms with Crippen LogP contribution in [0.1, 0.15) is 37.5 Å². The van der Waals surface area contributed by atoms with Crippen LogP contribution in [0.3, 0.4) is 0 Å². The van der Waals surface area contributed by atoms with E-state index in [1.165, 1.54) is 27.9 Å². The molecule has 0 N–H and O–H groups in total. The van der Waals surface area contributed by atoms with E-state index in [9.17, 15) is 0 Å². The topological polar surface area (TPSA) is 50.0 Å². The number of fused-ring (bicyclic) bond motifs is 5. The number of hydrogen-bond donors (Lipinski definition) is 0. The van der Waals surface area contributed by atoms with E-state index in [1.807, 2.05) is 6.07 Å². The summed E-state index contributed by atoms with van der Waals surface area (Å²) in [6.45, 7) is 12.5. The summed E-state index contributed by atoms with van der Waals surface area (Å²) in [6, 6.07) is 17.1. The largest absolute Gasteiger partial charge is 1.00 e. The minimum atomic E-state index is -1.91. The maximum Gasteiger partial charge on any atom is 0.250 e. The lowest BCUT2D eigenvalue weighted by atomic mass is 9.88. The maximum absolute atomic E-state index is 6.56. The molecule has 6 rings (SSSR count). The fourth-order valence-corrected chi connectivity index (χ4v) is 6.55. The summed E-state index contributed by atoms with van der Waals surface area (Å²) in [7, 11) is 1.48. The van der Waals surface area contributed by atoms with Crippen LogP contribution in [0.25, 0.3) is 22.0 Å². The Morgan fingerprint density at radius 2 is 1.61 bits per heavy atom. The molecule has 0 aliphatic carbocycles. The molecule has 0 fully saturated rings. The van der Waals surface area contributed by atoms with Gasteiger partial charge in [0.05, 0.1) is 25.2 Å². The first-order valence-corrected chi connectivity index (χ1v) is 16.8. The summed E-state index contributed by atoms with van der Waals surface area (Å²) < 4.78 is 31.9. The first-order chi connectivity index (χ1) is 19.1. The molecule has 1 aromatic heterocycles. The lowest BCUT2D eigenvalue weighted by Gasteiger charge is -2.36. The zero-order valence-corrected chi connectivity index (χ0v) is 26.6. The summed E-state index contributed by atoms with van der Waals surface area (Å²) in [6.07, 6.45) is 3.88. The van der Waals surface area contributed by atoms with E-state index in [0.717, 1.165) is 58.9 Å². The molecule has 4 aromatic rings. The molecule has 0 atom stereocenters. The van der Waals surface area contributed by atoms with Crippen LogP contribution in [-0.4, -0.2) is 29.3 Å². The summed E-state index contributed by atoms with van der Waals surface area (Å²) >= 11 is 0. The van der Waals surface area contributed by atoms with Crippen LogP contribution in [-0.2, 0) is 19.4 Å². The van der Waals surface area contributed by atoms with E-state index in [0.29, 0.717) is 0 Å². The molecule has 0 amide bonds. The number of hydrogen-bond acceptors (Lipinski definition) is 5. The zero-order chi connectivity index (χ0) is 28.2. The smallest absolute Gasteiger partial charge is 0.250 e. The third-order valence-corrected chi connectivity index (χ3v) is 13.1. The molecule has 6 nitrogen and oxygen atoms in total. The van der Waals surface area contributed by atoms with E-state index in [1.54, 1.807) is 14.2 Å². The van der Waals surface area contributed by atoms with Crippen molar-refractivity contribution in [2.75, 3.05) is 21.0 Å². The Balaban J connectivity index is 0.00000337. The van der Waals surface area contributed by atoms with E-state index in [4.69, 9.17) is 23.4 Å². The highest BCUT2D eigenvalue weighted by atomic mass is 35.5. The molecule has 2 aliphatic heterocycles. The highest BCUT2D eigenvalue weighted by Gasteiger charge is 2.39. The van der Waals surface area contributed by atoms with Gasteiger partial charge in [-0.05, 0) is 65.7 Å². The van der Waals surface area contributed by atoms with Crippen molar-refractivity contribution in [1.29, 1.82) is 0 Å². The average molecular weight is 592 g/mol. The minimum absolute atomic E-state index is 0. The van der Waals surface area contributed by atoms with Crippen molar-refractivity contribution >= 4 is 19.1 Å². The summed E-state index contributed by atoms with van der Waals surface area (Å²) in [5, 5.41) is 2.34. The van der Waals surface area contributed by atoms with Gasteiger partial charge in [0.15, 0.2) is 35.7 Å². The maximum atomic E-state index is 6.56. The van der Waals surface area contributed by atoms with Crippen molar-refractivity contribution in [3.63, 3.8) is 0 Å². The first-order valence-electron chi connectivity index (χ1n) is 13.9. The summed E-state index contributed by atoms with van der Waals surface area (Å²) in [5.74, 6) is 4.06. The summed E-state index contributed by atoms with van der Waals surface area (Å²) in [4.78, 5) is 0. The number of pyridine rings is 1. The Morgan fingerprint density at radius 1 is 0.902 bits per heavy atom. The second-order valence-electron chi connectivity index (χ2n) is 12.2. The number of nitrogens with zero attached hydrogens (tertiary/aromatic N) is 1. The Morgan fingerprint density at radius 3 is 2.27 bits per heavy atom. The molecule has 0 unspecified atom stereocenters. The Labute approximate surface area is 249 Å². The van der Waals surface area contributed by atoms with E-state index in [-0.39, 0.29) is 24.2 Å². The quantitative estimate of drug-likeness (QED) is 0.250. The van der Waals surface area contributed by atoms with Gasteiger partial charge >= 0.3 is 0 Å². The van der Waals surface area contributed by atoms with E-state index >= 15 is 0 Å². The van der Waals surface area contributed by atoms with Gasteiger partial charge in [0.2, 0.25) is 20.8 Å². The monoisotopic (exact) mass is 591 g/mol. The van der Waals surface area contributed by atoms with Crippen LogP contribution in [0.5, 0.6) is 28.7 Å². The average Bonchev–Trinajstić information content (AvgIpc) is 3.38. The third-order valence-electron chi connectivity index (χ3n) is 8.73. The number of rotatable bonds is 6. The van der Waals surface area contributed by atoms with Gasteiger partial charge in [-0.2, -0.15) is 4.57 Å². The fourth-order valence-electron chi connectivity index (χ4n) is 5.52. The van der Waals surface area contributed by atoms with Gasteiger partial charge < -0.3 is 35.8 Å². The Hall–Kier alpha value is -3.42. The predicted molar refractivity (Wildman–Crippen MR) is 160 cm³/mol. The lowest BCUT2D eigenvalue weighted by Crippen LogP contribution is -3.00. The van der Waals surface area contributed by atoms with Gasteiger partial charge in [-0.25, -0.2) is 0 Å². The van der Waals surface area contributed by atoms with Crippen LogP contribution in [0, 0.1) is 0 Å². The van der Waals surface area contributed by atoms with Crippen LogP contribution in [0.2, 0.25) is 18.1 Å². The fraction of sp³-hybridized carbons (Fsp3) is 0.364. The number of aryl methyl sites for hydroxylation is 2. The Bertz CT molecular complexity index is 1610. The van der Waals surface area contributed by atoms with Crippen LogP contribution >= 0.6 is 0 Å². The highest BCUT2D eigenvalue weighted by molar-refractivity contribution is 6.74. The molecule has 41 heavy (non-hydrogen) atoms. The third kappa shape index (κ3) is 5.10. The normalized spacial score (nSPS) is 13.7. The first kappa shape index (κ1) is 29.1. The van der Waals surface area contributed by atoms with Crippen molar-refractivity contribution in [3.05, 3.63) is 71.4 Å². The van der Waals surface area contributed by atoms with E-state index in [2.05, 4.69) is 87.1 Å². The molecular formula is C33H38ClNO5Si. The van der Waals surface area contributed by atoms with Crippen molar-refractivity contribution in [1.82, 2.24) is 0 Å². The molecule has 0 saturated carbocycles. The second-order valence-corrected chi connectivity index (χ2v) is 16.9. The van der Waals surface area contributed by atoms with Crippen molar-refractivity contribution in [3.8, 4) is 40.0 Å². The molecule has 2 aliphatic rings. The predicted octanol–water partition coefficient (Wildman–Crippen LogP) is 4.08. The van der Waals surface area contributed by atoms with Crippen LogP contribution in [0.15, 0.2) is 54.7 Å². The van der Waals surface area contributed by atoms with Crippen molar-refractivity contribution < 1.29 is 40.3 Å². The number of benzene rings is 3. The molecule has 3 aromatic carbocycles. The molecule has 0 bridgehead atoms. The molecule has 0 spiro atoms. The van der Waals surface area contributed by atoms with E-state index < -0.39 is 8.32 Å². The minimum Gasteiger partial charge on any atom is -1.00 e. The molecule has 3 heterocycles. The van der Waals surface area contributed by atoms with Crippen LogP contribution < -0.4 is 40.3 Å². The van der Waals surface area contributed by atoms with Gasteiger partial charge in [-0.1, -0.05) is 32.9 Å². The molecule has 0 radical (unpaired) electrons. The van der Waals surface area contributed by atoms with Crippen molar-refractivity contribution in [2.45, 2.75) is 58.3 Å². The van der Waals surface area contributed by atoms with Gasteiger partial charge in [0, 0.05) is 23.8 Å². The number of halogens is 1.